The first kappa shape index (κ1) is 15.5. The van der Waals surface area contributed by atoms with Crippen LogP contribution in [0.4, 0.5) is 0 Å². The number of hydrogen-bond acceptors (Lipinski definition) is 2. The van der Waals surface area contributed by atoms with Crippen LogP contribution in [0.1, 0.15) is 59.3 Å². The van der Waals surface area contributed by atoms with Crippen molar-refractivity contribution in [3.8, 4) is 0 Å². The first-order valence-corrected chi connectivity index (χ1v) is 7.48. The number of amidine groups is 1. The van der Waals surface area contributed by atoms with Crippen LogP contribution in [0.15, 0.2) is 0 Å². The van der Waals surface area contributed by atoms with Gasteiger partial charge in [0.25, 0.3) is 0 Å². The van der Waals surface area contributed by atoms with Gasteiger partial charge in [0.15, 0.2) is 0 Å². The van der Waals surface area contributed by atoms with Crippen molar-refractivity contribution in [3.05, 3.63) is 0 Å². The lowest BCUT2D eigenvalue weighted by Gasteiger charge is -2.24. The van der Waals surface area contributed by atoms with Crippen molar-refractivity contribution >= 4 is 5.84 Å². The molecule has 1 unspecified atom stereocenters. The number of nitrogens with zero attached hydrogens (tertiary/aromatic N) is 1. The van der Waals surface area contributed by atoms with Crippen LogP contribution in [0.25, 0.3) is 0 Å². The molecule has 0 aliphatic carbocycles. The van der Waals surface area contributed by atoms with E-state index >= 15 is 0 Å². The highest BCUT2D eigenvalue weighted by Crippen LogP contribution is 2.23. The summed E-state index contributed by atoms with van der Waals surface area (Å²) >= 11 is 0. The van der Waals surface area contributed by atoms with Crippen LogP contribution in [-0.4, -0.2) is 30.4 Å². The molecule has 18 heavy (non-hydrogen) atoms. The van der Waals surface area contributed by atoms with E-state index < -0.39 is 0 Å². The quantitative estimate of drug-likeness (QED) is 0.434. The third kappa shape index (κ3) is 5.38. The van der Waals surface area contributed by atoms with Gasteiger partial charge in [0.2, 0.25) is 0 Å². The van der Waals surface area contributed by atoms with Gasteiger partial charge in [-0.1, -0.05) is 27.2 Å². The van der Waals surface area contributed by atoms with Gasteiger partial charge in [0, 0.05) is 5.41 Å². The lowest BCUT2D eigenvalue weighted by Crippen LogP contribution is -2.31. The molecule has 1 atom stereocenters. The lowest BCUT2D eigenvalue weighted by molar-refractivity contribution is 0.270. The zero-order valence-corrected chi connectivity index (χ0v) is 12.5. The SMILES string of the molecule is CC1CCCN(CCCCC(C)(C)C(=N)N)CC1. The summed E-state index contributed by atoms with van der Waals surface area (Å²) in [6.07, 6.45) is 7.57. The minimum absolute atomic E-state index is 0.118. The maximum absolute atomic E-state index is 7.55. The summed E-state index contributed by atoms with van der Waals surface area (Å²) in [6, 6.07) is 0. The zero-order valence-electron chi connectivity index (χ0n) is 12.5. The van der Waals surface area contributed by atoms with Crippen LogP contribution in [-0.2, 0) is 0 Å². The second-order valence-electron chi connectivity index (χ2n) is 6.63. The Labute approximate surface area is 113 Å². The van der Waals surface area contributed by atoms with Crippen molar-refractivity contribution in [2.45, 2.75) is 59.3 Å². The largest absolute Gasteiger partial charge is 0.387 e. The molecular weight excluding hydrogens is 222 g/mol. The van der Waals surface area contributed by atoms with Crippen molar-refractivity contribution in [2.75, 3.05) is 19.6 Å². The van der Waals surface area contributed by atoms with Crippen LogP contribution in [0.3, 0.4) is 0 Å². The zero-order chi connectivity index (χ0) is 13.6. The van der Waals surface area contributed by atoms with Gasteiger partial charge < -0.3 is 10.6 Å². The molecule has 0 bridgehead atoms. The van der Waals surface area contributed by atoms with Gasteiger partial charge in [0.1, 0.15) is 0 Å². The van der Waals surface area contributed by atoms with E-state index in [0.29, 0.717) is 5.84 Å². The molecule has 1 fully saturated rings. The molecule has 0 saturated carbocycles. The van der Waals surface area contributed by atoms with Crippen molar-refractivity contribution in [1.29, 1.82) is 5.41 Å². The third-order valence-electron chi connectivity index (χ3n) is 4.36. The van der Waals surface area contributed by atoms with Gasteiger partial charge >= 0.3 is 0 Å². The first-order valence-electron chi connectivity index (χ1n) is 7.48. The summed E-state index contributed by atoms with van der Waals surface area (Å²) in [7, 11) is 0. The van der Waals surface area contributed by atoms with Crippen molar-refractivity contribution < 1.29 is 0 Å². The topological polar surface area (TPSA) is 53.1 Å². The molecule has 1 saturated heterocycles. The monoisotopic (exact) mass is 253 g/mol. The number of nitrogens with one attached hydrogen (secondary N) is 1. The first-order chi connectivity index (χ1) is 8.42. The predicted octanol–water partition coefficient (Wildman–Crippen LogP) is 3.24. The van der Waals surface area contributed by atoms with E-state index in [-0.39, 0.29) is 5.41 Å². The Bertz CT molecular complexity index is 260. The summed E-state index contributed by atoms with van der Waals surface area (Å²) in [5.74, 6) is 1.23. The highest BCUT2D eigenvalue weighted by Gasteiger charge is 2.21. The second-order valence-corrected chi connectivity index (χ2v) is 6.63. The summed E-state index contributed by atoms with van der Waals surface area (Å²) < 4.78 is 0. The van der Waals surface area contributed by atoms with Gasteiger partial charge in [-0.25, -0.2) is 0 Å². The van der Waals surface area contributed by atoms with Crippen molar-refractivity contribution in [3.63, 3.8) is 0 Å². The molecule has 3 heteroatoms. The number of unbranched alkanes of at least 4 members (excludes halogenated alkanes) is 1. The van der Waals surface area contributed by atoms with Gasteiger partial charge in [-0.3, -0.25) is 5.41 Å². The molecule has 1 aliphatic rings. The number of hydrogen-bond donors (Lipinski definition) is 2. The average Bonchev–Trinajstić information content (AvgIpc) is 2.49. The van der Waals surface area contributed by atoms with E-state index in [1.165, 1.54) is 51.7 Å². The van der Waals surface area contributed by atoms with E-state index in [9.17, 15) is 0 Å². The molecule has 1 heterocycles. The minimum atomic E-state index is -0.118. The highest BCUT2D eigenvalue weighted by atomic mass is 15.1. The third-order valence-corrected chi connectivity index (χ3v) is 4.36. The summed E-state index contributed by atoms with van der Waals surface area (Å²) in [4.78, 5) is 2.62. The van der Waals surface area contributed by atoms with E-state index in [1.807, 2.05) is 0 Å². The molecule has 106 valence electrons. The van der Waals surface area contributed by atoms with E-state index in [1.54, 1.807) is 0 Å². The Hall–Kier alpha value is -0.570. The number of rotatable bonds is 6. The van der Waals surface area contributed by atoms with Crippen LogP contribution in [0.5, 0.6) is 0 Å². The molecule has 3 nitrogen and oxygen atoms in total. The fourth-order valence-corrected chi connectivity index (χ4v) is 2.58. The van der Waals surface area contributed by atoms with Crippen LogP contribution < -0.4 is 5.73 Å². The van der Waals surface area contributed by atoms with E-state index in [0.717, 1.165) is 12.3 Å². The fraction of sp³-hybridized carbons (Fsp3) is 0.933. The number of likely N-dealkylation sites (tertiary alicyclic amines) is 1. The molecule has 0 radical (unpaired) electrons. The van der Waals surface area contributed by atoms with Gasteiger partial charge in [-0.15, -0.1) is 0 Å². The molecule has 0 amide bonds. The Morgan fingerprint density at radius 2 is 2.00 bits per heavy atom. The fourth-order valence-electron chi connectivity index (χ4n) is 2.58. The summed E-state index contributed by atoms with van der Waals surface area (Å²) in [5, 5.41) is 7.55. The minimum Gasteiger partial charge on any atom is -0.387 e. The predicted molar refractivity (Wildman–Crippen MR) is 79.0 cm³/mol. The van der Waals surface area contributed by atoms with Crippen LogP contribution in [0, 0.1) is 16.7 Å². The maximum atomic E-state index is 7.55. The molecule has 0 aromatic carbocycles. The van der Waals surface area contributed by atoms with Crippen LogP contribution in [0.2, 0.25) is 0 Å². The Morgan fingerprint density at radius 3 is 2.67 bits per heavy atom. The Balaban J connectivity index is 2.16. The maximum Gasteiger partial charge on any atom is 0.0963 e. The molecule has 3 N–H and O–H groups in total. The summed E-state index contributed by atoms with van der Waals surface area (Å²) in [6.45, 7) is 10.3. The average molecular weight is 253 g/mol. The molecule has 1 aliphatic heterocycles. The summed E-state index contributed by atoms with van der Waals surface area (Å²) in [5.41, 5.74) is 5.49. The molecule has 0 spiro atoms. The Morgan fingerprint density at radius 1 is 1.28 bits per heavy atom. The van der Waals surface area contributed by atoms with E-state index in [4.69, 9.17) is 11.1 Å². The molecular formula is C15H31N3. The normalized spacial score (nSPS) is 22.7. The highest BCUT2D eigenvalue weighted by molar-refractivity contribution is 5.82. The van der Waals surface area contributed by atoms with Gasteiger partial charge in [0.05, 0.1) is 5.84 Å². The van der Waals surface area contributed by atoms with Crippen LogP contribution >= 0.6 is 0 Å². The smallest absolute Gasteiger partial charge is 0.0963 e. The van der Waals surface area contributed by atoms with E-state index in [2.05, 4.69) is 25.7 Å². The number of nitrogens with two attached hydrogens (primary N) is 1. The Kier molecular flexibility index (Phi) is 6.13. The lowest BCUT2D eigenvalue weighted by atomic mass is 9.86. The van der Waals surface area contributed by atoms with Gasteiger partial charge in [-0.2, -0.15) is 0 Å². The van der Waals surface area contributed by atoms with Gasteiger partial charge in [-0.05, 0) is 57.7 Å². The molecule has 0 aromatic heterocycles. The second kappa shape index (κ2) is 7.13. The van der Waals surface area contributed by atoms with Crippen molar-refractivity contribution in [2.24, 2.45) is 17.1 Å². The molecule has 1 rings (SSSR count). The van der Waals surface area contributed by atoms with Crippen molar-refractivity contribution in [1.82, 2.24) is 4.90 Å². The molecule has 0 aromatic rings. The standard InChI is InChI=1S/C15H31N3/c1-13-7-6-11-18(12-8-13)10-5-4-9-15(2,3)14(16)17/h13H,4-12H2,1-3H3,(H3,16,17).